The van der Waals surface area contributed by atoms with Crippen LogP contribution in [0.4, 0.5) is 0 Å². The zero-order chi connectivity index (χ0) is 25.4. The molecule has 0 saturated heterocycles. The fraction of sp³-hybridized carbons (Fsp3) is 0.889. The largest absolute Gasteiger partial charge is 0.484 e. The molecule has 5 nitrogen and oxygen atoms in total. The Balaban J connectivity index is -0.000000103. The van der Waals surface area contributed by atoms with Gasteiger partial charge in [0.05, 0.1) is 7.11 Å². The van der Waals surface area contributed by atoms with E-state index in [2.05, 4.69) is 65.4 Å². The van der Waals surface area contributed by atoms with Gasteiger partial charge in [0.2, 0.25) is 5.91 Å². The Kier molecular flexibility index (Phi) is 37.9. The van der Waals surface area contributed by atoms with Crippen molar-refractivity contribution in [2.45, 2.75) is 122 Å². The molecule has 1 amide bonds. The van der Waals surface area contributed by atoms with Crippen LogP contribution < -0.4 is 5.32 Å². The summed E-state index contributed by atoms with van der Waals surface area (Å²) in [6.45, 7) is 23.8. The van der Waals surface area contributed by atoms with Crippen molar-refractivity contribution < 1.29 is 9.53 Å². The highest BCUT2D eigenvalue weighted by atomic mass is 16.5. The summed E-state index contributed by atoms with van der Waals surface area (Å²) in [5.74, 6) is 2.73. The maximum Gasteiger partial charge on any atom is 0.222 e. The number of hydrogen-bond acceptors (Lipinski definition) is 4. The second-order valence-electron chi connectivity index (χ2n) is 9.38. The lowest BCUT2D eigenvalue weighted by molar-refractivity contribution is -0.123. The van der Waals surface area contributed by atoms with Crippen LogP contribution in [0.2, 0.25) is 0 Å². The highest BCUT2D eigenvalue weighted by Crippen LogP contribution is 2.01. The number of unbranched alkanes of at least 4 members (excludes halogenated alkanes) is 1. The predicted molar refractivity (Wildman–Crippen MR) is 146 cm³/mol. The van der Waals surface area contributed by atoms with Gasteiger partial charge in [-0.25, -0.2) is 0 Å². The number of amides is 1. The Morgan fingerprint density at radius 1 is 0.844 bits per heavy atom. The van der Waals surface area contributed by atoms with E-state index >= 15 is 0 Å². The molecule has 196 valence electrons. The summed E-state index contributed by atoms with van der Waals surface area (Å²) in [6.07, 6.45) is 6.15. The van der Waals surface area contributed by atoms with Gasteiger partial charge in [-0.05, 0) is 37.0 Å². The van der Waals surface area contributed by atoms with Crippen LogP contribution >= 0.6 is 0 Å². The maximum atomic E-state index is 10.9. The van der Waals surface area contributed by atoms with Crippen molar-refractivity contribution in [2.24, 2.45) is 23.7 Å². The molecule has 32 heavy (non-hydrogen) atoms. The number of carbonyl (C=O) groups is 1. The third-order valence-electron chi connectivity index (χ3n) is 4.09. The van der Waals surface area contributed by atoms with E-state index in [1.165, 1.54) is 13.5 Å². The molecular formula is C27H61N3O2. The van der Waals surface area contributed by atoms with Crippen LogP contribution in [0.3, 0.4) is 0 Å². The second kappa shape index (κ2) is 29.6. The number of methoxy groups -OCH3 is 1. The van der Waals surface area contributed by atoms with Gasteiger partial charge in [0, 0.05) is 24.6 Å². The van der Waals surface area contributed by atoms with Gasteiger partial charge in [-0.2, -0.15) is 0 Å². The lowest BCUT2D eigenvalue weighted by atomic mass is 10.1. The molecule has 0 atom stereocenters. The van der Waals surface area contributed by atoms with E-state index in [-0.39, 0.29) is 19.3 Å². The molecule has 0 heterocycles. The zero-order valence-electron chi connectivity index (χ0n) is 23.1. The standard InChI is InChI=1S/C8H17NO.C7H15N.C6H13NO.C5H12.CH4/c1-4-5-6-9-8(10)7(2)3;1-4-7(8)5-6(2)3;1-5(2)4-6(7)8-3;1-4-5(2)3;/h7H,4-6H2,1-3H3,(H,9,10);6,8H,4-5H2,1-3H3;5,7H,4H2,1-3H3;5H,4H2,1-3H3;1H4. The minimum absolute atomic E-state index is 0. The summed E-state index contributed by atoms with van der Waals surface area (Å²) >= 11 is 0. The molecule has 0 rings (SSSR count). The van der Waals surface area contributed by atoms with Crippen molar-refractivity contribution in [1.82, 2.24) is 5.32 Å². The average Bonchev–Trinajstić information content (AvgIpc) is 2.68. The zero-order valence-corrected chi connectivity index (χ0v) is 23.1. The fourth-order valence-electron chi connectivity index (χ4n) is 1.68. The van der Waals surface area contributed by atoms with E-state index in [1.54, 1.807) is 0 Å². The predicted octanol–water partition coefficient (Wildman–Crippen LogP) is 8.37. The van der Waals surface area contributed by atoms with Crippen LogP contribution in [-0.2, 0) is 9.53 Å². The van der Waals surface area contributed by atoms with E-state index in [0.717, 1.165) is 50.3 Å². The van der Waals surface area contributed by atoms with Crippen molar-refractivity contribution in [3.05, 3.63) is 0 Å². The van der Waals surface area contributed by atoms with Crippen LogP contribution in [0, 0.1) is 34.5 Å². The number of carbonyl (C=O) groups excluding carboxylic acids is 1. The molecule has 0 bridgehead atoms. The summed E-state index contributed by atoms with van der Waals surface area (Å²) in [5.41, 5.74) is 0.875. The van der Waals surface area contributed by atoms with Crippen molar-refractivity contribution in [2.75, 3.05) is 13.7 Å². The molecule has 0 unspecified atom stereocenters. The van der Waals surface area contributed by atoms with E-state index in [9.17, 15) is 4.79 Å². The lowest BCUT2D eigenvalue weighted by Gasteiger charge is -2.05. The highest BCUT2D eigenvalue weighted by molar-refractivity contribution is 5.81. The van der Waals surface area contributed by atoms with Crippen LogP contribution in [0.1, 0.15) is 122 Å². The normalized spacial score (nSPS) is 9.50. The smallest absolute Gasteiger partial charge is 0.222 e. The molecule has 0 aliphatic carbocycles. The number of hydrogen-bond donors (Lipinski definition) is 3. The molecule has 0 saturated carbocycles. The summed E-state index contributed by atoms with van der Waals surface area (Å²) < 4.78 is 4.64. The van der Waals surface area contributed by atoms with Crippen LogP contribution in [0.15, 0.2) is 0 Å². The van der Waals surface area contributed by atoms with Gasteiger partial charge in [-0.1, -0.05) is 96.4 Å². The number of ether oxygens (including phenoxy) is 1. The van der Waals surface area contributed by atoms with Gasteiger partial charge in [0.1, 0.15) is 0 Å². The van der Waals surface area contributed by atoms with Crippen molar-refractivity contribution in [3.63, 3.8) is 0 Å². The monoisotopic (exact) mass is 459 g/mol. The number of nitrogens with one attached hydrogen (secondary N) is 3. The van der Waals surface area contributed by atoms with Crippen LogP contribution in [0.5, 0.6) is 0 Å². The summed E-state index contributed by atoms with van der Waals surface area (Å²) in [6, 6.07) is 0. The third kappa shape index (κ3) is 46.7. The Bertz CT molecular complexity index is 395. The second-order valence-corrected chi connectivity index (χ2v) is 9.38. The van der Waals surface area contributed by atoms with Gasteiger partial charge < -0.3 is 15.5 Å². The van der Waals surface area contributed by atoms with Gasteiger partial charge in [0.25, 0.3) is 0 Å². The molecule has 3 N–H and O–H groups in total. The molecule has 0 aliphatic heterocycles. The summed E-state index contributed by atoms with van der Waals surface area (Å²) in [4.78, 5) is 10.9. The summed E-state index contributed by atoms with van der Waals surface area (Å²) in [7, 11) is 1.53. The Morgan fingerprint density at radius 3 is 1.47 bits per heavy atom. The average molecular weight is 460 g/mol. The first-order valence-corrected chi connectivity index (χ1v) is 12.2. The van der Waals surface area contributed by atoms with Gasteiger partial charge in [0.15, 0.2) is 5.90 Å². The molecule has 5 heteroatoms. The highest BCUT2D eigenvalue weighted by Gasteiger charge is 2.03. The van der Waals surface area contributed by atoms with Crippen molar-refractivity contribution in [3.8, 4) is 0 Å². The summed E-state index contributed by atoms with van der Waals surface area (Å²) in [5, 5.41) is 17.2. The Labute approximate surface area is 202 Å². The minimum atomic E-state index is 0. The molecule has 0 aromatic carbocycles. The Hall–Kier alpha value is -1.39. The minimum Gasteiger partial charge on any atom is -0.484 e. The van der Waals surface area contributed by atoms with Crippen LogP contribution in [0.25, 0.3) is 0 Å². The first-order valence-electron chi connectivity index (χ1n) is 12.2. The molecule has 0 spiro atoms. The molecule has 0 aromatic rings. The maximum absolute atomic E-state index is 10.9. The third-order valence-corrected chi connectivity index (χ3v) is 4.09. The lowest BCUT2D eigenvalue weighted by Crippen LogP contribution is -2.28. The Morgan fingerprint density at radius 2 is 1.28 bits per heavy atom. The molecular weight excluding hydrogens is 398 g/mol. The van der Waals surface area contributed by atoms with Gasteiger partial charge in [-0.15, -0.1) is 0 Å². The van der Waals surface area contributed by atoms with Gasteiger partial charge >= 0.3 is 0 Å². The van der Waals surface area contributed by atoms with Crippen molar-refractivity contribution in [1.29, 1.82) is 10.8 Å². The molecule has 0 radical (unpaired) electrons. The molecule has 0 fully saturated rings. The fourth-order valence-corrected chi connectivity index (χ4v) is 1.68. The van der Waals surface area contributed by atoms with Gasteiger partial charge in [-0.3, -0.25) is 10.2 Å². The topological polar surface area (TPSA) is 86.0 Å². The van der Waals surface area contributed by atoms with E-state index in [4.69, 9.17) is 10.8 Å². The molecule has 0 aromatic heterocycles. The first-order chi connectivity index (χ1) is 14.3. The quantitative estimate of drug-likeness (QED) is 0.174. The SMILES string of the molecule is C.CCC(=N)CC(C)C.CCC(C)C.CCCCNC(=O)C(C)C.COC(=N)CC(C)C. The number of rotatable bonds is 10. The van der Waals surface area contributed by atoms with Crippen LogP contribution in [-0.4, -0.2) is 31.2 Å². The first kappa shape index (κ1) is 40.9. The molecule has 0 aliphatic rings. The van der Waals surface area contributed by atoms with E-state index in [0.29, 0.717) is 17.7 Å². The van der Waals surface area contributed by atoms with Crippen molar-refractivity contribution >= 4 is 17.5 Å². The van der Waals surface area contributed by atoms with E-state index in [1.807, 2.05) is 20.8 Å². The van der Waals surface area contributed by atoms with E-state index < -0.39 is 0 Å².